The zero-order chi connectivity index (χ0) is 24.0. The second-order valence-electron chi connectivity index (χ2n) is 7.33. The summed E-state index contributed by atoms with van der Waals surface area (Å²) in [7, 11) is 2.96. The topological polar surface area (TPSA) is 144 Å². The van der Waals surface area contributed by atoms with Crippen LogP contribution in [0, 0.1) is 6.92 Å². The van der Waals surface area contributed by atoms with E-state index in [1.54, 1.807) is 18.2 Å². The molecule has 10 nitrogen and oxygen atoms in total. The van der Waals surface area contributed by atoms with Crippen molar-refractivity contribution < 1.29 is 23.9 Å². The average Bonchev–Trinajstić information content (AvgIpc) is 2.79. The molecular formula is C22H27N5O5S. The molecule has 6 N–H and O–H groups in total. The standard InChI is InChI=1S/C22H27N5O5S/c1-12-5-4-6-14(9-12)24-17(28)11-33-22-26-19(23)18(21(30)27-22)25-20(29)13-7-8-15(31-2)16(10-13)32-3/h4-10,18-19,22,26H,11,23H2,1-3H3,(H,24,28)(H,25,29)(H,27,30). The van der Waals surface area contributed by atoms with E-state index in [0.717, 1.165) is 5.56 Å². The van der Waals surface area contributed by atoms with Gasteiger partial charge in [-0.05, 0) is 42.8 Å². The lowest BCUT2D eigenvalue weighted by atomic mass is 10.1. The summed E-state index contributed by atoms with van der Waals surface area (Å²) in [6, 6.07) is 11.1. The highest BCUT2D eigenvalue weighted by Gasteiger charge is 2.35. The fourth-order valence-electron chi connectivity index (χ4n) is 3.22. The van der Waals surface area contributed by atoms with Crippen LogP contribution in [0.4, 0.5) is 5.69 Å². The summed E-state index contributed by atoms with van der Waals surface area (Å²) < 4.78 is 10.4. The van der Waals surface area contributed by atoms with Crippen molar-refractivity contribution in [3.8, 4) is 11.5 Å². The number of thioether (sulfide) groups is 1. The predicted molar refractivity (Wildman–Crippen MR) is 126 cm³/mol. The molecule has 0 spiro atoms. The largest absolute Gasteiger partial charge is 0.493 e. The van der Waals surface area contributed by atoms with Gasteiger partial charge < -0.3 is 31.2 Å². The van der Waals surface area contributed by atoms with Crippen LogP contribution in [0.1, 0.15) is 15.9 Å². The first-order chi connectivity index (χ1) is 15.8. The first-order valence-electron chi connectivity index (χ1n) is 10.1. The van der Waals surface area contributed by atoms with Crippen LogP contribution in [0.15, 0.2) is 42.5 Å². The van der Waals surface area contributed by atoms with Crippen LogP contribution in [0.5, 0.6) is 11.5 Å². The smallest absolute Gasteiger partial charge is 0.252 e. The molecule has 0 aromatic heterocycles. The fourth-order valence-corrected chi connectivity index (χ4v) is 4.06. The van der Waals surface area contributed by atoms with Crippen LogP contribution in [-0.2, 0) is 9.59 Å². The van der Waals surface area contributed by atoms with Crippen molar-refractivity contribution in [2.24, 2.45) is 5.73 Å². The number of amides is 3. The molecule has 1 saturated heterocycles. The molecule has 2 aromatic rings. The summed E-state index contributed by atoms with van der Waals surface area (Å²) >= 11 is 1.18. The number of benzene rings is 2. The lowest BCUT2D eigenvalue weighted by Gasteiger charge is -2.35. The number of carbonyl (C=O) groups excluding carboxylic acids is 3. The highest BCUT2D eigenvalue weighted by Crippen LogP contribution is 2.27. The zero-order valence-corrected chi connectivity index (χ0v) is 19.3. The Kier molecular flexibility index (Phi) is 8.15. The molecule has 1 aliphatic rings. The molecule has 176 valence electrons. The average molecular weight is 474 g/mol. The summed E-state index contributed by atoms with van der Waals surface area (Å²) in [5, 5.41) is 11.1. The molecule has 3 amide bonds. The Morgan fingerprint density at radius 1 is 1.12 bits per heavy atom. The first kappa shape index (κ1) is 24.4. The van der Waals surface area contributed by atoms with Gasteiger partial charge in [0.25, 0.3) is 5.91 Å². The number of hydrogen-bond acceptors (Lipinski definition) is 8. The third kappa shape index (κ3) is 6.37. The van der Waals surface area contributed by atoms with Crippen molar-refractivity contribution >= 4 is 35.2 Å². The Hall–Kier alpha value is -3.28. The van der Waals surface area contributed by atoms with Gasteiger partial charge in [-0.25, -0.2) is 0 Å². The Bertz CT molecular complexity index is 1030. The fraction of sp³-hybridized carbons (Fsp3) is 0.318. The Labute approximate surface area is 196 Å². The molecule has 11 heteroatoms. The number of aryl methyl sites for hydroxylation is 1. The number of methoxy groups -OCH3 is 2. The minimum absolute atomic E-state index is 0.0985. The number of hydrogen-bond donors (Lipinski definition) is 5. The van der Waals surface area contributed by atoms with E-state index in [0.29, 0.717) is 17.2 Å². The highest BCUT2D eigenvalue weighted by atomic mass is 32.2. The van der Waals surface area contributed by atoms with Gasteiger partial charge in [0.1, 0.15) is 11.5 Å². The summed E-state index contributed by atoms with van der Waals surface area (Å²) in [5.41, 5.74) is 7.54. The number of ether oxygens (including phenoxy) is 2. The molecule has 1 aliphatic heterocycles. The molecule has 3 rings (SSSR count). The second kappa shape index (κ2) is 11.0. The maximum Gasteiger partial charge on any atom is 0.252 e. The summed E-state index contributed by atoms with van der Waals surface area (Å²) in [6.45, 7) is 1.94. The maximum atomic E-state index is 12.6. The monoisotopic (exact) mass is 473 g/mol. The second-order valence-corrected chi connectivity index (χ2v) is 8.42. The molecule has 1 fully saturated rings. The van der Waals surface area contributed by atoms with Crippen molar-refractivity contribution in [2.45, 2.75) is 24.6 Å². The van der Waals surface area contributed by atoms with E-state index in [1.807, 2.05) is 25.1 Å². The van der Waals surface area contributed by atoms with Gasteiger partial charge in [0.2, 0.25) is 11.8 Å². The van der Waals surface area contributed by atoms with E-state index < -0.39 is 29.5 Å². The number of anilines is 1. The Balaban J connectivity index is 1.52. The lowest BCUT2D eigenvalue weighted by molar-refractivity contribution is -0.125. The van der Waals surface area contributed by atoms with Gasteiger partial charge in [-0.1, -0.05) is 12.1 Å². The van der Waals surface area contributed by atoms with Crippen LogP contribution in [0.2, 0.25) is 0 Å². The molecule has 3 unspecified atom stereocenters. The Morgan fingerprint density at radius 2 is 1.88 bits per heavy atom. The van der Waals surface area contributed by atoms with E-state index in [4.69, 9.17) is 15.2 Å². The number of nitrogens with two attached hydrogens (primary N) is 1. The van der Waals surface area contributed by atoms with Gasteiger partial charge in [0, 0.05) is 11.3 Å². The van der Waals surface area contributed by atoms with Crippen molar-refractivity contribution in [3.05, 3.63) is 53.6 Å². The summed E-state index contributed by atoms with van der Waals surface area (Å²) in [4.78, 5) is 37.4. The maximum absolute atomic E-state index is 12.6. The van der Waals surface area contributed by atoms with Gasteiger partial charge in [-0.15, -0.1) is 11.8 Å². The van der Waals surface area contributed by atoms with Crippen molar-refractivity contribution in [2.75, 3.05) is 25.3 Å². The van der Waals surface area contributed by atoms with Crippen LogP contribution in [-0.4, -0.2) is 55.4 Å². The van der Waals surface area contributed by atoms with E-state index in [1.165, 1.54) is 32.0 Å². The predicted octanol–water partition coefficient (Wildman–Crippen LogP) is 0.770. The molecular weight excluding hydrogens is 446 g/mol. The quantitative estimate of drug-likeness (QED) is 0.378. The lowest BCUT2D eigenvalue weighted by Crippen LogP contribution is -2.70. The van der Waals surface area contributed by atoms with Gasteiger partial charge in [0.05, 0.1) is 26.1 Å². The minimum atomic E-state index is -0.997. The third-order valence-electron chi connectivity index (χ3n) is 4.87. The Morgan fingerprint density at radius 3 is 2.55 bits per heavy atom. The van der Waals surface area contributed by atoms with Crippen LogP contribution in [0.3, 0.4) is 0 Å². The number of rotatable bonds is 8. The highest BCUT2D eigenvalue weighted by molar-refractivity contribution is 8.00. The third-order valence-corrected chi connectivity index (χ3v) is 5.89. The SMILES string of the molecule is COc1ccc(C(=O)NC2C(=O)NC(SCC(=O)Nc3cccc(C)c3)NC2N)cc1OC. The van der Waals surface area contributed by atoms with Crippen LogP contribution in [0.25, 0.3) is 0 Å². The van der Waals surface area contributed by atoms with Crippen molar-refractivity contribution in [1.82, 2.24) is 16.0 Å². The molecule has 0 aliphatic carbocycles. The van der Waals surface area contributed by atoms with E-state index in [-0.39, 0.29) is 17.2 Å². The number of nitrogens with one attached hydrogen (secondary N) is 4. The molecule has 2 aromatic carbocycles. The molecule has 1 heterocycles. The molecule has 0 saturated carbocycles. The van der Waals surface area contributed by atoms with Crippen molar-refractivity contribution in [3.63, 3.8) is 0 Å². The van der Waals surface area contributed by atoms with Crippen LogP contribution < -0.4 is 36.5 Å². The molecule has 0 radical (unpaired) electrons. The van der Waals surface area contributed by atoms with Gasteiger partial charge in [-0.2, -0.15) is 0 Å². The van der Waals surface area contributed by atoms with Crippen LogP contribution >= 0.6 is 11.8 Å². The summed E-state index contributed by atoms with van der Waals surface area (Å²) in [5.74, 6) is -0.181. The molecule has 33 heavy (non-hydrogen) atoms. The normalized spacial score (nSPS) is 19.9. The van der Waals surface area contributed by atoms with Gasteiger partial charge in [-0.3, -0.25) is 19.7 Å². The van der Waals surface area contributed by atoms with Gasteiger partial charge in [0.15, 0.2) is 11.5 Å². The molecule has 3 atom stereocenters. The first-order valence-corrected chi connectivity index (χ1v) is 11.2. The zero-order valence-electron chi connectivity index (χ0n) is 18.5. The van der Waals surface area contributed by atoms with E-state index >= 15 is 0 Å². The van der Waals surface area contributed by atoms with E-state index in [2.05, 4.69) is 21.3 Å². The van der Waals surface area contributed by atoms with Crippen molar-refractivity contribution in [1.29, 1.82) is 0 Å². The summed E-state index contributed by atoms with van der Waals surface area (Å²) in [6.07, 6.45) is -0.847. The van der Waals surface area contributed by atoms with Gasteiger partial charge >= 0.3 is 0 Å². The van der Waals surface area contributed by atoms with E-state index in [9.17, 15) is 14.4 Å². The molecule has 0 bridgehead atoms. The minimum Gasteiger partial charge on any atom is -0.493 e. The number of carbonyl (C=O) groups is 3.